The number of aromatic nitrogens is 1. The summed E-state index contributed by atoms with van der Waals surface area (Å²) in [4.78, 5) is 4.57. The van der Waals surface area contributed by atoms with Crippen molar-refractivity contribution in [3.05, 3.63) is 58.6 Å². The Morgan fingerprint density at radius 1 is 1.35 bits per heavy atom. The molecule has 4 rings (SSSR count). The molecule has 0 amide bonds. The Balaban J connectivity index is 1.74. The van der Waals surface area contributed by atoms with Gasteiger partial charge in [-0.05, 0) is 48.4 Å². The molecule has 0 saturated carbocycles. The van der Waals surface area contributed by atoms with Crippen LogP contribution in [0.3, 0.4) is 0 Å². The fraction of sp³-hybridized carbons (Fsp3) is 0.158. The second-order valence-electron chi connectivity index (χ2n) is 5.66. The number of para-hydroxylation sites is 1. The van der Waals surface area contributed by atoms with Gasteiger partial charge in [-0.2, -0.15) is 5.26 Å². The Kier molecular flexibility index (Phi) is 3.36. The summed E-state index contributed by atoms with van der Waals surface area (Å²) in [5.41, 5.74) is 3.74. The van der Waals surface area contributed by atoms with Gasteiger partial charge >= 0.3 is 0 Å². The smallest absolute Gasteiger partial charge is 0.135 e. The minimum absolute atomic E-state index is 0.226. The van der Waals surface area contributed by atoms with E-state index in [1.807, 2.05) is 42.5 Å². The fourth-order valence-electron chi connectivity index (χ4n) is 2.83. The molecule has 2 aromatic carbocycles. The first-order valence-electron chi connectivity index (χ1n) is 7.50. The van der Waals surface area contributed by atoms with Crippen molar-refractivity contribution < 1.29 is 4.74 Å². The number of nitriles is 1. The van der Waals surface area contributed by atoms with Crippen molar-refractivity contribution in [1.82, 2.24) is 4.98 Å². The normalized spacial score (nSPS) is 16.9. The lowest BCUT2D eigenvalue weighted by Gasteiger charge is -2.02. The van der Waals surface area contributed by atoms with Gasteiger partial charge in [0, 0.05) is 6.42 Å². The summed E-state index contributed by atoms with van der Waals surface area (Å²) in [5.74, 6) is 0.952. The van der Waals surface area contributed by atoms with Crippen molar-refractivity contribution in [1.29, 1.82) is 5.26 Å². The number of nitrogens with zero attached hydrogens (tertiary/aromatic N) is 2. The number of ether oxygens (including phenoxy) is 1. The maximum absolute atomic E-state index is 9.53. The highest BCUT2D eigenvalue weighted by Gasteiger charge is 2.18. The first-order chi connectivity index (χ1) is 11.2. The van der Waals surface area contributed by atoms with Gasteiger partial charge in [0.2, 0.25) is 0 Å². The van der Waals surface area contributed by atoms with E-state index in [0.717, 1.165) is 33.0 Å². The molecular weight excluding hydrogens is 304 g/mol. The topological polar surface area (TPSA) is 45.9 Å². The zero-order valence-electron chi connectivity index (χ0n) is 12.6. The molecule has 0 saturated heterocycles. The van der Waals surface area contributed by atoms with Crippen LogP contribution in [0.5, 0.6) is 5.75 Å². The third-order valence-corrected chi connectivity index (χ3v) is 4.95. The van der Waals surface area contributed by atoms with Crippen molar-refractivity contribution >= 4 is 33.2 Å². The van der Waals surface area contributed by atoms with Crippen molar-refractivity contribution in [2.24, 2.45) is 0 Å². The van der Waals surface area contributed by atoms with E-state index in [9.17, 15) is 5.26 Å². The zero-order valence-corrected chi connectivity index (χ0v) is 13.4. The highest BCUT2D eigenvalue weighted by molar-refractivity contribution is 7.19. The lowest BCUT2D eigenvalue weighted by Crippen LogP contribution is -2.05. The Hall–Kier alpha value is -2.64. The maximum Gasteiger partial charge on any atom is 0.135 e. The van der Waals surface area contributed by atoms with Crippen LogP contribution in [-0.4, -0.2) is 11.1 Å². The zero-order chi connectivity index (χ0) is 15.8. The van der Waals surface area contributed by atoms with E-state index in [1.165, 1.54) is 5.56 Å². The summed E-state index contributed by atoms with van der Waals surface area (Å²) in [5, 5.41) is 10.3. The lowest BCUT2D eigenvalue weighted by molar-refractivity contribution is 0.254. The molecule has 23 heavy (non-hydrogen) atoms. The monoisotopic (exact) mass is 318 g/mol. The SMILES string of the molecule is C[C@H]1Cc2cc(/C=C(\C#N)c3nc4ccccc4s3)ccc2O1. The molecule has 0 aliphatic carbocycles. The number of thiazole rings is 1. The van der Waals surface area contributed by atoms with Crippen molar-refractivity contribution in [3.63, 3.8) is 0 Å². The molecule has 1 aliphatic heterocycles. The first kappa shape index (κ1) is 14.0. The van der Waals surface area contributed by atoms with Gasteiger partial charge in [0.1, 0.15) is 22.9 Å². The largest absolute Gasteiger partial charge is 0.490 e. The van der Waals surface area contributed by atoms with Crippen molar-refractivity contribution in [2.45, 2.75) is 19.4 Å². The van der Waals surface area contributed by atoms with E-state index in [1.54, 1.807) is 11.3 Å². The summed E-state index contributed by atoms with van der Waals surface area (Å²) in [6.07, 6.45) is 3.05. The molecule has 0 radical (unpaired) electrons. The molecule has 0 N–H and O–H groups in total. The molecule has 0 bridgehead atoms. The lowest BCUT2D eigenvalue weighted by atomic mass is 10.1. The predicted molar refractivity (Wildman–Crippen MR) is 93.3 cm³/mol. The van der Waals surface area contributed by atoms with E-state index >= 15 is 0 Å². The van der Waals surface area contributed by atoms with Crippen LogP contribution in [0.15, 0.2) is 42.5 Å². The number of fused-ring (bicyclic) bond motifs is 2. The summed E-state index contributed by atoms with van der Waals surface area (Å²) < 4.78 is 6.82. The van der Waals surface area contributed by atoms with E-state index < -0.39 is 0 Å². The van der Waals surface area contributed by atoms with Gasteiger partial charge in [0.25, 0.3) is 0 Å². The van der Waals surface area contributed by atoms with E-state index in [4.69, 9.17) is 4.74 Å². The van der Waals surface area contributed by atoms with Crippen molar-refractivity contribution in [3.8, 4) is 11.8 Å². The molecule has 112 valence electrons. The molecule has 1 aromatic heterocycles. The van der Waals surface area contributed by atoms with Gasteiger partial charge in [0.05, 0.1) is 15.8 Å². The van der Waals surface area contributed by atoms with Crippen LogP contribution in [0.2, 0.25) is 0 Å². The van der Waals surface area contributed by atoms with Crippen LogP contribution in [0.4, 0.5) is 0 Å². The molecule has 3 aromatic rings. The number of allylic oxidation sites excluding steroid dienone is 1. The van der Waals surface area contributed by atoms with Crippen LogP contribution < -0.4 is 4.74 Å². The van der Waals surface area contributed by atoms with E-state index in [-0.39, 0.29) is 6.10 Å². The van der Waals surface area contributed by atoms with Crippen LogP contribution in [0.1, 0.15) is 23.1 Å². The van der Waals surface area contributed by atoms with Crippen LogP contribution >= 0.6 is 11.3 Å². The summed E-state index contributed by atoms with van der Waals surface area (Å²) in [7, 11) is 0. The minimum atomic E-state index is 0.226. The molecule has 0 spiro atoms. The van der Waals surface area contributed by atoms with Gasteiger partial charge in [0.15, 0.2) is 0 Å². The number of rotatable bonds is 2. The Bertz CT molecular complexity index is 932. The van der Waals surface area contributed by atoms with E-state index in [2.05, 4.69) is 24.0 Å². The number of benzene rings is 2. The fourth-order valence-corrected chi connectivity index (χ4v) is 3.76. The molecule has 1 atom stereocenters. The van der Waals surface area contributed by atoms with Crippen LogP contribution in [0, 0.1) is 11.3 Å². The Morgan fingerprint density at radius 3 is 3.04 bits per heavy atom. The van der Waals surface area contributed by atoms with E-state index in [0.29, 0.717) is 5.57 Å². The molecule has 0 unspecified atom stereocenters. The van der Waals surface area contributed by atoms with Crippen LogP contribution in [0.25, 0.3) is 21.9 Å². The Morgan fingerprint density at radius 2 is 2.22 bits per heavy atom. The molecule has 4 heteroatoms. The predicted octanol–water partition coefficient (Wildman–Crippen LogP) is 4.68. The second kappa shape index (κ2) is 5.53. The molecule has 0 fully saturated rings. The summed E-state index contributed by atoms with van der Waals surface area (Å²) in [6.45, 7) is 2.07. The number of hydrogen-bond donors (Lipinski definition) is 0. The second-order valence-corrected chi connectivity index (χ2v) is 6.69. The van der Waals surface area contributed by atoms with Gasteiger partial charge < -0.3 is 4.74 Å². The van der Waals surface area contributed by atoms with Gasteiger partial charge in [-0.25, -0.2) is 4.98 Å². The molecule has 1 aliphatic rings. The van der Waals surface area contributed by atoms with Crippen LogP contribution in [-0.2, 0) is 6.42 Å². The van der Waals surface area contributed by atoms with Gasteiger partial charge in [-0.15, -0.1) is 11.3 Å². The highest BCUT2D eigenvalue weighted by Crippen LogP contribution is 2.32. The van der Waals surface area contributed by atoms with Gasteiger partial charge in [-0.1, -0.05) is 18.2 Å². The maximum atomic E-state index is 9.53. The third-order valence-electron chi connectivity index (χ3n) is 3.88. The molecule has 2 heterocycles. The Labute approximate surface area is 138 Å². The standard InChI is InChI=1S/C19H14N2OS/c1-12-8-14-9-13(6-7-17(14)22-12)10-15(11-20)19-21-16-4-2-3-5-18(16)23-19/h2-7,9-10,12H,8H2,1H3/b15-10+/t12-/m0/s1. The van der Waals surface area contributed by atoms with Gasteiger partial charge in [-0.3, -0.25) is 0 Å². The summed E-state index contributed by atoms with van der Waals surface area (Å²) in [6, 6.07) is 16.3. The highest BCUT2D eigenvalue weighted by atomic mass is 32.1. The third kappa shape index (κ3) is 2.60. The number of hydrogen-bond acceptors (Lipinski definition) is 4. The summed E-state index contributed by atoms with van der Waals surface area (Å²) >= 11 is 1.55. The minimum Gasteiger partial charge on any atom is -0.490 e. The average Bonchev–Trinajstić information content (AvgIpc) is 3.14. The van der Waals surface area contributed by atoms with Crippen molar-refractivity contribution in [2.75, 3.05) is 0 Å². The molecule has 3 nitrogen and oxygen atoms in total. The average molecular weight is 318 g/mol. The quantitative estimate of drug-likeness (QED) is 0.644. The first-order valence-corrected chi connectivity index (χ1v) is 8.32. The molecular formula is C19H14N2OS.